The molecule has 0 aromatic carbocycles. The highest BCUT2D eigenvalue weighted by atomic mass is 35.5. The summed E-state index contributed by atoms with van der Waals surface area (Å²) in [7, 11) is 2.14. The molecule has 0 rings (SSSR count). The van der Waals surface area contributed by atoms with E-state index >= 15 is 0 Å². The van der Waals surface area contributed by atoms with Gasteiger partial charge in [0.15, 0.2) is 0 Å². The first-order valence-corrected chi connectivity index (χ1v) is 6.78. The predicted octanol–water partition coefficient (Wildman–Crippen LogP) is 1.52. The molecule has 0 amide bonds. The van der Waals surface area contributed by atoms with Gasteiger partial charge in [-0.25, -0.2) is 0 Å². The van der Waals surface area contributed by atoms with Crippen LogP contribution in [0.2, 0.25) is 6.04 Å². The number of rotatable bonds is 6. The van der Waals surface area contributed by atoms with Crippen molar-refractivity contribution in [2.75, 3.05) is 26.7 Å². The summed E-state index contributed by atoms with van der Waals surface area (Å²) < 4.78 is 10.2. The van der Waals surface area contributed by atoms with Crippen molar-refractivity contribution in [2.24, 2.45) is 0 Å². The molecule has 0 atom stereocenters. The fraction of sp³-hybridized carbons (Fsp3) is 1.00. The number of hydrogen-bond donors (Lipinski definition) is 1. The maximum absolute atomic E-state index is 7.57. The fourth-order valence-corrected chi connectivity index (χ4v) is 2.21. The minimum atomic E-state index is -1.28. The molecule has 0 unspecified atom stereocenters. The molecule has 0 aromatic rings. The molecule has 82 valence electrons. The molecular weight excluding hydrogens is 208 g/mol. The van der Waals surface area contributed by atoms with Gasteiger partial charge in [0.2, 0.25) is 0 Å². The van der Waals surface area contributed by atoms with Crippen LogP contribution in [-0.2, 0) is 8.85 Å². The van der Waals surface area contributed by atoms with E-state index in [1.807, 2.05) is 0 Å². The van der Waals surface area contributed by atoms with Gasteiger partial charge in [-0.2, -0.15) is 0 Å². The van der Waals surface area contributed by atoms with Crippen LogP contribution in [0.15, 0.2) is 0 Å². The monoisotopic (exact) mass is 228 g/mol. The summed E-state index contributed by atoms with van der Waals surface area (Å²) >= 11 is 5.51. The smallest absolute Gasteiger partial charge is 0.320 e. The molecule has 0 bridgehead atoms. The van der Waals surface area contributed by atoms with Crippen molar-refractivity contribution in [3.63, 3.8) is 0 Å². The van der Waals surface area contributed by atoms with Gasteiger partial charge in [0, 0.05) is 26.7 Å². The van der Waals surface area contributed by atoms with Crippen LogP contribution in [0.3, 0.4) is 0 Å². The molecule has 0 aromatic heterocycles. The second-order valence-electron chi connectivity index (χ2n) is 2.40. The first-order chi connectivity index (χ1) is 6.26. The molecule has 0 saturated carbocycles. The second-order valence-corrected chi connectivity index (χ2v) is 5.16. The van der Waals surface area contributed by atoms with E-state index in [4.69, 9.17) is 25.6 Å². The number of aliphatic hydroxyl groups excluding tert-OH is 1. The zero-order valence-corrected chi connectivity index (χ0v) is 10.7. The normalized spacial score (nSPS) is 9.69. The van der Waals surface area contributed by atoms with Gasteiger partial charge in [-0.3, -0.25) is 0 Å². The lowest BCUT2D eigenvalue weighted by atomic mass is 10.4. The van der Waals surface area contributed by atoms with Crippen LogP contribution in [-0.4, -0.2) is 41.1 Å². The molecule has 0 fully saturated rings. The van der Waals surface area contributed by atoms with Crippen molar-refractivity contribution in [3.8, 4) is 0 Å². The molecule has 0 heterocycles. The number of hydrogen-bond acceptors (Lipinski definition) is 3. The molecule has 0 spiro atoms. The van der Waals surface area contributed by atoms with Crippen molar-refractivity contribution in [1.82, 2.24) is 0 Å². The number of halogens is 1. The maximum atomic E-state index is 7.57. The van der Waals surface area contributed by atoms with E-state index in [0.717, 1.165) is 24.8 Å². The van der Waals surface area contributed by atoms with E-state index in [0.29, 0.717) is 0 Å². The van der Waals surface area contributed by atoms with E-state index in [-0.39, 0.29) is 6.61 Å². The summed E-state index contributed by atoms with van der Waals surface area (Å²) in [5.41, 5.74) is 0. The zero-order valence-electron chi connectivity index (χ0n) is 8.75. The Kier molecular flexibility index (Phi) is 18.1. The van der Waals surface area contributed by atoms with E-state index in [1.54, 1.807) is 21.1 Å². The van der Waals surface area contributed by atoms with E-state index < -0.39 is 9.28 Å². The molecule has 0 saturated heterocycles. The minimum absolute atomic E-state index is 0.250. The number of aliphatic hydroxyl groups is 1. The topological polar surface area (TPSA) is 38.7 Å². The van der Waals surface area contributed by atoms with Crippen LogP contribution in [0.1, 0.15) is 19.8 Å². The van der Waals surface area contributed by atoms with Gasteiger partial charge in [0.05, 0.1) is 0 Å². The molecule has 0 aliphatic carbocycles. The van der Waals surface area contributed by atoms with Crippen LogP contribution >= 0.6 is 11.6 Å². The molecule has 1 N–H and O–H groups in total. The summed E-state index contributed by atoms with van der Waals surface area (Å²) in [6.45, 7) is 1.93. The van der Waals surface area contributed by atoms with Gasteiger partial charge in [-0.1, -0.05) is 6.42 Å². The van der Waals surface area contributed by atoms with Crippen LogP contribution < -0.4 is 0 Å². The standard InChI is InChI=1S/C6H15ClO2Si.C2H6O/c1-8-10(9-2)6-4-3-5-7;1-2-3/h10H,3-6H2,1-2H3;3H,2H2,1H3. The Morgan fingerprint density at radius 2 is 1.69 bits per heavy atom. The SMILES string of the molecule is CCO.CO[SiH](CCCCCl)OC. The lowest BCUT2D eigenvalue weighted by molar-refractivity contribution is 0.276. The number of unbranched alkanes of at least 4 members (excludes halogenated alkanes) is 1. The van der Waals surface area contributed by atoms with Crippen LogP contribution in [0.4, 0.5) is 0 Å². The lowest BCUT2D eigenvalue weighted by Gasteiger charge is -2.08. The Labute approximate surface area is 87.8 Å². The Morgan fingerprint density at radius 3 is 2.00 bits per heavy atom. The highest BCUT2D eigenvalue weighted by Crippen LogP contribution is 2.03. The first-order valence-electron chi connectivity index (χ1n) is 4.49. The quantitative estimate of drug-likeness (QED) is 0.426. The molecule has 0 aliphatic rings. The third-order valence-corrected chi connectivity index (χ3v) is 3.55. The Hall–Kier alpha value is 0.387. The fourth-order valence-electron chi connectivity index (χ4n) is 0.737. The summed E-state index contributed by atoms with van der Waals surface area (Å²) in [4.78, 5) is 0. The lowest BCUT2D eigenvalue weighted by Crippen LogP contribution is -2.18. The second kappa shape index (κ2) is 14.9. The molecular formula is C8H21ClO3Si. The summed E-state index contributed by atoms with van der Waals surface area (Å²) in [5, 5.41) is 7.57. The summed E-state index contributed by atoms with van der Waals surface area (Å²) in [6, 6.07) is 1.07. The van der Waals surface area contributed by atoms with Crippen molar-refractivity contribution >= 4 is 20.9 Å². The summed E-state index contributed by atoms with van der Waals surface area (Å²) in [5.74, 6) is 0.745. The molecule has 5 heteroatoms. The van der Waals surface area contributed by atoms with Crippen molar-refractivity contribution in [2.45, 2.75) is 25.8 Å². The van der Waals surface area contributed by atoms with Crippen molar-refractivity contribution < 1.29 is 14.0 Å². The average Bonchev–Trinajstić information content (AvgIpc) is 2.14. The Bertz CT molecular complexity index is 81.8. The Morgan fingerprint density at radius 1 is 1.23 bits per heavy atom. The molecule has 13 heavy (non-hydrogen) atoms. The molecule has 0 aliphatic heterocycles. The van der Waals surface area contributed by atoms with Crippen LogP contribution in [0.5, 0.6) is 0 Å². The highest BCUT2D eigenvalue weighted by Gasteiger charge is 2.07. The minimum Gasteiger partial charge on any atom is -0.400 e. The van der Waals surface area contributed by atoms with Crippen LogP contribution in [0.25, 0.3) is 0 Å². The van der Waals surface area contributed by atoms with Crippen LogP contribution in [0, 0.1) is 0 Å². The van der Waals surface area contributed by atoms with Gasteiger partial charge < -0.3 is 14.0 Å². The van der Waals surface area contributed by atoms with E-state index in [1.165, 1.54) is 0 Å². The number of alkyl halides is 1. The third-order valence-electron chi connectivity index (χ3n) is 1.35. The van der Waals surface area contributed by atoms with Crippen molar-refractivity contribution in [1.29, 1.82) is 0 Å². The highest BCUT2D eigenvalue weighted by molar-refractivity contribution is 6.44. The Balaban J connectivity index is 0. The van der Waals surface area contributed by atoms with Gasteiger partial charge in [-0.15, -0.1) is 11.6 Å². The molecule has 0 radical (unpaired) electrons. The van der Waals surface area contributed by atoms with Gasteiger partial charge in [-0.05, 0) is 19.4 Å². The summed E-state index contributed by atoms with van der Waals surface area (Å²) in [6.07, 6.45) is 2.19. The first kappa shape index (κ1) is 15.8. The largest absolute Gasteiger partial charge is 0.400 e. The van der Waals surface area contributed by atoms with Gasteiger partial charge in [0.1, 0.15) is 0 Å². The zero-order chi connectivity index (χ0) is 10.5. The van der Waals surface area contributed by atoms with Gasteiger partial charge in [0.25, 0.3) is 0 Å². The van der Waals surface area contributed by atoms with Crippen molar-refractivity contribution in [3.05, 3.63) is 0 Å². The average molecular weight is 229 g/mol. The third kappa shape index (κ3) is 15.2. The molecule has 3 nitrogen and oxygen atoms in total. The van der Waals surface area contributed by atoms with Gasteiger partial charge >= 0.3 is 9.28 Å². The maximum Gasteiger partial charge on any atom is 0.320 e. The van der Waals surface area contributed by atoms with E-state index in [2.05, 4.69) is 0 Å². The van der Waals surface area contributed by atoms with E-state index in [9.17, 15) is 0 Å². The predicted molar refractivity (Wildman–Crippen MR) is 58.7 cm³/mol.